The Balaban J connectivity index is 2.15. The average molecular weight is 284 g/mol. The zero-order valence-corrected chi connectivity index (χ0v) is 10.8. The number of hydrogen-bond donors (Lipinski definition) is 0. The molecule has 0 saturated heterocycles. The van der Waals surface area contributed by atoms with Gasteiger partial charge in [-0.1, -0.05) is 29.3 Å². The molecule has 0 N–H and O–H groups in total. The van der Waals surface area contributed by atoms with Gasteiger partial charge in [0.15, 0.2) is 5.58 Å². The van der Waals surface area contributed by atoms with Crippen LogP contribution in [0.3, 0.4) is 0 Å². The number of ether oxygens (including phenoxy) is 1. The molecule has 4 heteroatoms. The fourth-order valence-electron chi connectivity index (χ4n) is 1.44. The van der Waals surface area contributed by atoms with Crippen molar-refractivity contribution in [3.05, 3.63) is 24.1 Å². The van der Waals surface area contributed by atoms with Crippen molar-refractivity contribution in [1.29, 1.82) is 0 Å². The maximum Gasteiger partial charge on any atom is 0.206 e. The van der Waals surface area contributed by atoms with Crippen LogP contribution in [0.2, 0.25) is 0 Å². The van der Waals surface area contributed by atoms with E-state index < -0.39 is 0 Å². The maximum atomic E-state index is 5.60. The molecule has 0 atom stereocenters. The first-order valence-electron chi connectivity index (χ1n) is 5.41. The Bertz CT molecular complexity index is 467. The molecular formula is C12H14BrNO2. The molecule has 0 bridgehead atoms. The number of alkyl halides is 1. The average Bonchev–Trinajstić information content (AvgIpc) is 2.71. The van der Waals surface area contributed by atoms with E-state index in [1.54, 1.807) is 0 Å². The quantitative estimate of drug-likeness (QED) is 0.617. The summed E-state index contributed by atoms with van der Waals surface area (Å²) in [4.78, 5) is 4.33. The van der Waals surface area contributed by atoms with Crippen LogP contribution in [0.5, 0.6) is 5.75 Å². The Morgan fingerprint density at radius 2 is 2.31 bits per heavy atom. The lowest BCUT2D eigenvalue weighted by atomic mass is 10.3. The summed E-state index contributed by atoms with van der Waals surface area (Å²) in [5.74, 6) is 1.55. The minimum atomic E-state index is 0.633. The van der Waals surface area contributed by atoms with Crippen molar-refractivity contribution in [2.24, 2.45) is 0 Å². The number of unbranched alkanes of at least 4 members (excludes halogenated alkanes) is 1. The molecule has 0 fully saturated rings. The molecule has 0 saturated carbocycles. The molecule has 2 rings (SSSR count). The fourth-order valence-corrected chi connectivity index (χ4v) is 1.68. The highest BCUT2D eigenvalue weighted by atomic mass is 79.9. The van der Waals surface area contributed by atoms with Crippen molar-refractivity contribution in [3.63, 3.8) is 0 Å². The fraction of sp³-hybridized carbons (Fsp3) is 0.417. The van der Waals surface area contributed by atoms with Crippen molar-refractivity contribution in [2.45, 2.75) is 25.1 Å². The Labute approximate surface area is 103 Å². The highest BCUT2D eigenvalue weighted by Crippen LogP contribution is 2.22. The van der Waals surface area contributed by atoms with Crippen LogP contribution in [-0.4, -0.2) is 11.6 Å². The van der Waals surface area contributed by atoms with Crippen molar-refractivity contribution < 1.29 is 9.15 Å². The second kappa shape index (κ2) is 5.34. The number of fused-ring (bicyclic) bond motifs is 1. The monoisotopic (exact) mass is 283 g/mol. The van der Waals surface area contributed by atoms with Crippen LogP contribution in [0.1, 0.15) is 25.7 Å². The van der Waals surface area contributed by atoms with Crippen molar-refractivity contribution in [1.82, 2.24) is 4.98 Å². The minimum Gasteiger partial charge on any atom is -0.494 e. The molecule has 3 nitrogen and oxygen atoms in total. The molecule has 2 aromatic rings. The van der Waals surface area contributed by atoms with E-state index in [-0.39, 0.29) is 0 Å². The topological polar surface area (TPSA) is 35.3 Å². The van der Waals surface area contributed by atoms with Gasteiger partial charge in [0, 0.05) is 6.07 Å². The van der Waals surface area contributed by atoms with Crippen LogP contribution in [0.25, 0.3) is 11.1 Å². The first-order chi connectivity index (χ1) is 7.83. The molecule has 0 aliphatic heterocycles. The normalized spacial score (nSPS) is 10.9. The van der Waals surface area contributed by atoms with Gasteiger partial charge < -0.3 is 9.15 Å². The number of aromatic nitrogens is 1. The van der Waals surface area contributed by atoms with E-state index in [0.717, 1.165) is 36.3 Å². The summed E-state index contributed by atoms with van der Waals surface area (Å²) >= 11 is 3.32. The Kier molecular flexibility index (Phi) is 3.83. The second-order valence-electron chi connectivity index (χ2n) is 3.57. The molecule has 0 aliphatic rings. The molecule has 1 aromatic carbocycles. The summed E-state index contributed by atoms with van der Waals surface area (Å²) in [6.45, 7) is 2.90. The number of rotatable bonds is 5. The predicted octanol–water partition coefficient (Wildman–Crippen LogP) is 3.90. The summed E-state index contributed by atoms with van der Waals surface area (Å²) in [5, 5.41) is 0.633. The van der Waals surface area contributed by atoms with E-state index in [9.17, 15) is 0 Å². The van der Waals surface area contributed by atoms with Gasteiger partial charge in [-0.25, -0.2) is 4.98 Å². The van der Waals surface area contributed by atoms with E-state index in [1.807, 2.05) is 18.2 Å². The van der Waals surface area contributed by atoms with Gasteiger partial charge in [0.25, 0.3) is 0 Å². The van der Waals surface area contributed by atoms with Crippen molar-refractivity contribution in [3.8, 4) is 5.75 Å². The molecule has 0 amide bonds. The van der Waals surface area contributed by atoms with Crippen LogP contribution < -0.4 is 4.74 Å². The van der Waals surface area contributed by atoms with Crippen molar-refractivity contribution in [2.75, 3.05) is 6.61 Å². The summed E-state index contributed by atoms with van der Waals surface area (Å²) in [5.41, 5.74) is 1.65. The molecular weight excluding hydrogens is 270 g/mol. The first kappa shape index (κ1) is 11.5. The highest BCUT2D eigenvalue weighted by molar-refractivity contribution is 9.08. The largest absolute Gasteiger partial charge is 0.494 e. The molecule has 16 heavy (non-hydrogen) atoms. The van der Waals surface area contributed by atoms with Gasteiger partial charge in [-0.15, -0.1) is 0 Å². The lowest BCUT2D eigenvalue weighted by Crippen LogP contribution is -1.95. The van der Waals surface area contributed by atoms with E-state index >= 15 is 0 Å². The highest BCUT2D eigenvalue weighted by Gasteiger charge is 2.05. The van der Waals surface area contributed by atoms with Gasteiger partial charge in [-0.3, -0.25) is 0 Å². The van der Waals surface area contributed by atoms with Crippen LogP contribution >= 0.6 is 15.9 Å². The third-order valence-corrected chi connectivity index (χ3v) is 2.76. The molecule has 0 unspecified atom stereocenters. The summed E-state index contributed by atoms with van der Waals surface area (Å²) in [6, 6.07) is 5.73. The summed E-state index contributed by atoms with van der Waals surface area (Å²) in [7, 11) is 0. The van der Waals surface area contributed by atoms with Gasteiger partial charge in [0.05, 0.1) is 11.9 Å². The predicted molar refractivity (Wildman–Crippen MR) is 67.0 cm³/mol. The van der Waals surface area contributed by atoms with E-state index in [4.69, 9.17) is 9.15 Å². The van der Waals surface area contributed by atoms with Gasteiger partial charge in [-0.05, 0) is 18.6 Å². The van der Waals surface area contributed by atoms with Gasteiger partial charge in [0.1, 0.15) is 11.3 Å². The summed E-state index contributed by atoms with van der Waals surface area (Å²) in [6.07, 6.45) is 2.21. The summed E-state index contributed by atoms with van der Waals surface area (Å²) < 4.78 is 11.1. The Morgan fingerprint density at radius 1 is 1.44 bits per heavy atom. The molecule has 86 valence electrons. The molecule has 0 aliphatic carbocycles. The number of oxazole rings is 1. The maximum absolute atomic E-state index is 5.60. The lowest BCUT2D eigenvalue weighted by molar-refractivity contribution is 0.309. The van der Waals surface area contributed by atoms with E-state index in [2.05, 4.69) is 27.8 Å². The first-order valence-corrected chi connectivity index (χ1v) is 6.54. The molecule has 1 heterocycles. The van der Waals surface area contributed by atoms with E-state index in [0.29, 0.717) is 11.2 Å². The van der Waals surface area contributed by atoms with Crippen LogP contribution in [0.15, 0.2) is 22.6 Å². The standard InChI is InChI=1S/C12H14BrNO2/c1-2-3-6-15-9-4-5-11-10(7-9)14-12(8-13)16-11/h4-5,7H,2-3,6,8H2,1H3. The number of nitrogens with zero attached hydrogens (tertiary/aromatic N) is 1. The number of benzene rings is 1. The van der Waals surface area contributed by atoms with Crippen LogP contribution in [0.4, 0.5) is 0 Å². The zero-order chi connectivity index (χ0) is 11.4. The van der Waals surface area contributed by atoms with Gasteiger partial charge in [-0.2, -0.15) is 0 Å². The smallest absolute Gasteiger partial charge is 0.206 e. The second-order valence-corrected chi connectivity index (χ2v) is 4.13. The van der Waals surface area contributed by atoms with Crippen LogP contribution in [-0.2, 0) is 5.33 Å². The Morgan fingerprint density at radius 3 is 3.06 bits per heavy atom. The minimum absolute atomic E-state index is 0.633. The number of halogens is 1. The van der Waals surface area contributed by atoms with Crippen molar-refractivity contribution >= 4 is 27.0 Å². The van der Waals surface area contributed by atoms with Gasteiger partial charge in [0.2, 0.25) is 5.89 Å². The van der Waals surface area contributed by atoms with Gasteiger partial charge >= 0.3 is 0 Å². The Hall–Kier alpha value is -1.03. The molecule has 0 radical (unpaired) electrons. The zero-order valence-electron chi connectivity index (χ0n) is 9.20. The number of hydrogen-bond acceptors (Lipinski definition) is 3. The van der Waals surface area contributed by atoms with E-state index in [1.165, 1.54) is 0 Å². The SMILES string of the molecule is CCCCOc1ccc2oc(CBr)nc2c1. The van der Waals surface area contributed by atoms with Crippen LogP contribution in [0, 0.1) is 0 Å². The lowest BCUT2D eigenvalue weighted by Gasteiger charge is -2.03. The third kappa shape index (κ3) is 2.55. The molecule has 1 aromatic heterocycles. The third-order valence-electron chi connectivity index (χ3n) is 2.28. The molecule has 0 spiro atoms.